The third kappa shape index (κ3) is 3.64. The van der Waals surface area contributed by atoms with Crippen LogP contribution in [0.4, 0.5) is 4.79 Å². The lowest BCUT2D eigenvalue weighted by molar-refractivity contribution is 0.0441. The Bertz CT molecular complexity index is 1040. The molecule has 32 heavy (non-hydrogen) atoms. The average Bonchev–Trinajstić information content (AvgIpc) is 3.23. The van der Waals surface area contributed by atoms with Gasteiger partial charge in [-0.15, -0.1) is 0 Å². The van der Waals surface area contributed by atoms with E-state index in [1.165, 1.54) is 0 Å². The van der Waals surface area contributed by atoms with Crippen LogP contribution in [0.15, 0.2) is 42.5 Å². The highest BCUT2D eigenvalue weighted by molar-refractivity contribution is 5.98. The van der Waals surface area contributed by atoms with Crippen molar-refractivity contribution < 1.29 is 23.8 Å². The van der Waals surface area contributed by atoms with Crippen molar-refractivity contribution in [2.75, 3.05) is 53.6 Å². The Balaban J connectivity index is 1.41. The first kappa shape index (κ1) is 20.6. The fourth-order valence-corrected chi connectivity index (χ4v) is 4.64. The van der Waals surface area contributed by atoms with E-state index in [0.29, 0.717) is 50.7 Å². The van der Waals surface area contributed by atoms with E-state index in [9.17, 15) is 9.59 Å². The number of carbonyl (C=O) groups excluding carboxylic acids is 2. The fourth-order valence-electron chi connectivity index (χ4n) is 4.64. The van der Waals surface area contributed by atoms with E-state index in [2.05, 4.69) is 0 Å². The lowest BCUT2D eigenvalue weighted by Gasteiger charge is -2.31. The molecule has 3 aliphatic rings. The molecule has 2 saturated heterocycles. The molecule has 0 unspecified atom stereocenters. The van der Waals surface area contributed by atoms with E-state index in [4.69, 9.17) is 14.2 Å². The zero-order valence-corrected chi connectivity index (χ0v) is 18.3. The van der Waals surface area contributed by atoms with Gasteiger partial charge in [0.2, 0.25) is 0 Å². The molecule has 8 nitrogen and oxygen atoms in total. The number of nitrogens with zero attached hydrogens (tertiary/aromatic N) is 3. The van der Waals surface area contributed by atoms with Gasteiger partial charge in [-0.05, 0) is 35.4 Å². The number of hydrogen-bond donors (Lipinski definition) is 0. The zero-order valence-electron chi connectivity index (χ0n) is 18.3. The Morgan fingerprint density at radius 1 is 1.03 bits per heavy atom. The number of rotatable bonds is 2. The lowest BCUT2D eigenvalue weighted by Crippen LogP contribution is -2.48. The first-order valence-electron chi connectivity index (χ1n) is 10.9. The summed E-state index contributed by atoms with van der Waals surface area (Å²) in [5, 5.41) is 0. The summed E-state index contributed by atoms with van der Waals surface area (Å²) < 4.78 is 17.1. The van der Waals surface area contributed by atoms with Crippen LogP contribution in [0, 0.1) is 0 Å². The molecule has 3 amide bonds. The van der Waals surface area contributed by atoms with Crippen LogP contribution in [0.2, 0.25) is 0 Å². The second kappa shape index (κ2) is 8.35. The number of likely N-dealkylation sites (tertiary alicyclic amines) is 1. The van der Waals surface area contributed by atoms with Crippen LogP contribution in [0.25, 0.3) is 11.1 Å². The fraction of sp³-hybridized carbons (Fsp3) is 0.417. The number of fused-ring (bicyclic) bond motifs is 2. The minimum absolute atomic E-state index is 0.0174. The Labute approximate surface area is 187 Å². The summed E-state index contributed by atoms with van der Waals surface area (Å²) in [6, 6.07) is 13.2. The summed E-state index contributed by atoms with van der Waals surface area (Å²) in [6.07, 6.45) is -0.282. The van der Waals surface area contributed by atoms with Gasteiger partial charge in [0.15, 0.2) is 0 Å². The highest BCUT2D eigenvalue weighted by atomic mass is 16.5. The minimum atomic E-state index is -0.282. The van der Waals surface area contributed by atoms with Crippen molar-refractivity contribution in [2.24, 2.45) is 0 Å². The van der Waals surface area contributed by atoms with Gasteiger partial charge in [0.25, 0.3) is 5.91 Å². The number of carbonyl (C=O) groups is 2. The molecule has 2 fully saturated rings. The molecule has 0 aromatic heterocycles. The van der Waals surface area contributed by atoms with E-state index in [1.807, 2.05) is 47.4 Å². The third-order valence-corrected chi connectivity index (χ3v) is 6.50. The maximum atomic E-state index is 13.2. The Hall–Kier alpha value is -3.26. The first-order valence-corrected chi connectivity index (χ1v) is 10.9. The summed E-state index contributed by atoms with van der Waals surface area (Å²) in [5.74, 6) is 1.22. The number of benzene rings is 2. The molecule has 168 valence electrons. The van der Waals surface area contributed by atoms with Crippen LogP contribution in [0.5, 0.6) is 11.5 Å². The molecule has 0 aliphatic carbocycles. The predicted molar refractivity (Wildman–Crippen MR) is 118 cm³/mol. The number of likely N-dealkylation sites (N-methyl/N-ethyl adjacent to an activating group) is 1. The van der Waals surface area contributed by atoms with Crippen LogP contribution < -0.4 is 9.47 Å². The quantitative estimate of drug-likeness (QED) is 0.721. The van der Waals surface area contributed by atoms with E-state index >= 15 is 0 Å². The van der Waals surface area contributed by atoms with Crippen molar-refractivity contribution in [2.45, 2.75) is 12.1 Å². The van der Waals surface area contributed by atoms with Crippen molar-refractivity contribution in [3.05, 3.63) is 48.0 Å². The largest absolute Gasteiger partial charge is 0.497 e. The van der Waals surface area contributed by atoms with Gasteiger partial charge in [-0.3, -0.25) is 4.79 Å². The van der Waals surface area contributed by atoms with Crippen molar-refractivity contribution in [1.82, 2.24) is 14.7 Å². The van der Waals surface area contributed by atoms with Gasteiger partial charge in [-0.2, -0.15) is 0 Å². The standard InChI is InChI=1S/C24H27N3O5/c1-25-20-14-27(24(29)26-8-10-31-11-9-26)15-22(20)32-21-13-17(6-7-19(21)23(25)28)16-4-3-5-18(12-16)30-2/h3-7,12-13,20,22H,8-11,14-15H2,1-2H3/t20-,22+/m1/s1. The zero-order chi connectivity index (χ0) is 22.2. The van der Waals surface area contributed by atoms with E-state index in [0.717, 1.165) is 16.9 Å². The Morgan fingerprint density at radius 3 is 2.59 bits per heavy atom. The summed E-state index contributed by atoms with van der Waals surface area (Å²) in [4.78, 5) is 31.5. The molecule has 0 spiro atoms. The maximum Gasteiger partial charge on any atom is 0.320 e. The summed E-state index contributed by atoms with van der Waals surface area (Å²) in [7, 11) is 3.43. The molecule has 2 atom stereocenters. The van der Waals surface area contributed by atoms with Crippen LogP contribution in [-0.4, -0.2) is 92.3 Å². The smallest absolute Gasteiger partial charge is 0.320 e. The third-order valence-electron chi connectivity index (χ3n) is 6.50. The molecule has 0 N–H and O–H groups in total. The maximum absolute atomic E-state index is 13.2. The topological polar surface area (TPSA) is 71.6 Å². The molecule has 0 bridgehead atoms. The average molecular weight is 437 g/mol. The van der Waals surface area contributed by atoms with Crippen molar-refractivity contribution >= 4 is 11.9 Å². The molecule has 8 heteroatoms. The molecule has 3 heterocycles. The lowest BCUT2D eigenvalue weighted by atomic mass is 10.0. The highest BCUT2D eigenvalue weighted by Gasteiger charge is 2.44. The van der Waals surface area contributed by atoms with Gasteiger partial charge in [0.1, 0.15) is 17.6 Å². The second-order valence-electron chi connectivity index (χ2n) is 8.37. The summed E-state index contributed by atoms with van der Waals surface area (Å²) in [6.45, 7) is 3.20. The van der Waals surface area contributed by atoms with Gasteiger partial charge in [-0.25, -0.2) is 4.79 Å². The van der Waals surface area contributed by atoms with Crippen molar-refractivity contribution in [3.63, 3.8) is 0 Å². The van der Waals surface area contributed by atoms with Gasteiger partial charge in [-0.1, -0.05) is 18.2 Å². The SMILES string of the molecule is COc1cccc(-c2ccc3c(c2)O[C@H]2CN(C(=O)N4CCOCC4)C[C@H]2N(C)C3=O)c1. The van der Waals surface area contributed by atoms with Gasteiger partial charge in [0.05, 0.1) is 38.5 Å². The normalized spacial score (nSPS) is 22.7. The molecule has 3 aliphatic heterocycles. The molecule has 2 aromatic rings. The summed E-state index contributed by atoms with van der Waals surface area (Å²) in [5.41, 5.74) is 2.46. The van der Waals surface area contributed by atoms with E-state index in [1.54, 1.807) is 24.0 Å². The Morgan fingerprint density at radius 2 is 1.81 bits per heavy atom. The van der Waals surface area contributed by atoms with Crippen LogP contribution in [0.3, 0.4) is 0 Å². The Kier molecular flexibility index (Phi) is 5.38. The second-order valence-corrected chi connectivity index (χ2v) is 8.37. The van der Waals surface area contributed by atoms with Crippen LogP contribution in [0.1, 0.15) is 10.4 Å². The molecule has 0 saturated carbocycles. The van der Waals surface area contributed by atoms with E-state index in [-0.39, 0.29) is 24.1 Å². The minimum Gasteiger partial charge on any atom is -0.497 e. The molecular formula is C24H27N3O5. The molecule has 0 radical (unpaired) electrons. The number of urea groups is 1. The number of ether oxygens (including phenoxy) is 3. The molecular weight excluding hydrogens is 410 g/mol. The number of amides is 3. The first-order chi connectivity index (χ1) is 15.5. The van der Waals surface area contributed by atoms with Gasteiger partial charge >= 0.3 is 6.03 Å². The molecule has 5 rings (SSSR count). The van der Waals surface area contributed by atoms with Gasteiger partial charge in [0, 0.05) is 26.7 Å². The van der Waals surface area contributed by atoms with Crippen molar-refractivity contribution in [1.29, 1.82) is 0 Å². The van der Waals surface area contributed by atoms with Gasteiger partial charge < -0.3 is 28.9 Å². The van der Waals surface area contributed by atoms with E-state index < -0.39 is 0 Å². The summed E-state index contributed by atoms with van der Waals surface area (Å²) >= 11 is 0. The highest BCUT2D eigenvalue weighted by Crippen LogP contribution is 2.35. The van der Waals surface area contributed by atoms with Crippen molar-refractivity contribution in [3.8, 4) is 22.6 Å². The number of morpholine rings is 1. The molecule has 2 aromatic carbocycles. The predicted octanol–water partition coefficient (Wildman–Crippen LogP) is 2.33. The van der Waals surface area contributed by atoms with Crippen LogP contribution >= 0.6 is 0 Å². The monoisotopic (exact) mass is 437 g/mol. The number of methoxy groups -OCH3 is 1. The number of hydrogen-bond acceptors (Lipinski definition) is 5. The van der Waals surface area contributed by atoms with Crippen LogP contribution in [-0.2, 0) is 4.74 Å².